The number of hydrogen-bond acceptors (Lipinski definition) is 6. The summed E-state index contributed by atoms with van der Waals surface area (Å²) in [6.07, 6.45) is 2.75. The van der Waals surface area contributed by atoms with Crippen LogP contribution in [0, 0.1) is 0 Å². The third kappa shape index (κ3) is 2.43. The Morgan fingerprint density at radius 2 is 2.35 bits per heavy atom. The first kappa shape index (κ1) is 12.5. The van der Waals surface area contributed by atoms with Gasteiger partial charge in [0.2, 0.25) is 5.91 Å². The van der Waals surface area contributed by atoms with Crippen molar-refractivity contribution < 1.29 is 4.79 Å². The molecule has 0 atom stereocenters. The van der Waals surface area contributed by atoms with Gasteiger partial charge in [0.1, 0.15) is 23.5 Å². The number of rotatable bonds is 4. The van der Waals surface area contributed by atoms with Crippen molar-refractivity contribution in [2.24, 2.45) is 0 Å². The van der Waals surface area contributed by atoms with Crippen LogP contribution in [-0.2, 0) is 17.9 Å². The number of aromatic amines is 1. The number of amides is 1. The molecule has 102 valence electrons. The highest BCUT2D eigenvalue weighted by Crippen LogP contribution is 2.12. The molecule has 3 rings (SSSR count). The summed E-state index contributed by atoms with van der Waals surface area (Å²) in [4.78, 5) is 32.6. The van der Waals surface area contributed by atoms with Crippen molar-refractivity contribution in [2.45, 2.75) is 13.1 Å². The first-order valence-electron chi connectivity index (χ1n) is 5.77. The lowest BCUT2D eigenvalue weighted by atomic mass is 10.4. The number of H-pyrrole nitrogens is 1. The molecule has 8 nitrogen and oxygen atoms in total. The second kappa shape index (κ2) is 5.21. The van der Waals surface area contributed by atoms with Crippen molar-refractivity contribution >= 4 is 27.5 Å². The van der Waals surface area contributed by atoms with Crippen molar-refractivity contribution in [3.05, 3.63) is 40.3 Å². The van der Waals surface area contributed by atoms with Crippen LogP contribution in [0.1, 0.15) is 5.82 Å². The van der Waals surface area contributed by atoms with Gasteiger partial charge in [-0.1, -0.05) is 0 Å². The van der Waals surface area contributed by atoms with Crippen molar-refractivity contribution in [1.29, 1.82) is 0 Å². The summed E-state index contributed by atoms with van der Waals surface area (Å²) >= 11 is 1.39. The molecule has 0 aliphatic rings. The molecule has 0 aliphatic carbocycles. The molecule has 0 spiro atoms. The van der Waals surface area contributed by atoms with Crippen LogP contribution in [-0.4, -0.2) is 30.6 Å². The van der Waals surface area contributed by atoms with Crippen LogP contribution in [0.25, 0.3) is 10.2 Å². The molecule has 0 fully saturated rings. The highest BCUT2D eigenvalue weighted by Gasteiger charge is 2.09. The highest BCUT2D eigenvalue weighted by molar-refractivity contribution is 7.16. The van der Waals surface area contributed by atoms with E-state index in [0.29, 0.717) is 16.0 Å². The second-order valence-electron chi connectivity index (χ2n) is 4.03. The summed E-state index contributed by atoms with van der Waals surface area (Å²) in [6.45, 7) is 0.160. The molecular weight excluding hydrogens is 280 g/mol. The van der Waals surface area contributed by atoms with Crippen LogP contribution in [0.3, 0.4) is 0 Å². The van der Waals surface area contributed by atoms with Gasteiger partial charge in [-0.15, -0.1) is 11.3 Å². The second-order valence-corrected chi connectivity index (χ2v) is 4.92. The van der Waals surface area contributed by atoms with Gasteiger partial charge in [-0.05, 0) is 11.4 Å². The number of aromatic nitrogens is 5. The lowest BCUT2D eigenvalue weighted by molar-refractivity contribution is -0.121. The molecule has 3 aromatic heterocycles. The Labute approximate surface area is 116 Å². The van der Waals surface area contributed by atoms with Gasteiger partial charge in [0.05, 0.1) is 18.3 Å². The van der Waals surface area contributed by atoms with E-state index in [9.17, 15) is 9.59 Å². The van der Waals surface area contributed by atoms with Gasteiger partial charge in [-0.25, -0.2) is 9.97 Å². The highest BCUT2D eigenvalue weighted by atomic mass is 32.1. The largest absolute Gasteiger partial charge is 0.347 e. The predicted molar refractivity (Wildman–Crippen MR) is 72.1 cm³/mol. The lowest BCUT2D eigenvalue weighted by Crippen LogP contribution is -2.32. The third-order valence-electron chi connectivity index (χ3n) is 2.68. The fraction of sp³-hybridized carbons (Fsp3) is 0.182. The normalized spacial score (nSPS) is 10.8. The van der Waals surface area contributed by atoms with Crippen molar-refractivity contribution in [2.75, 3.05) is 0 Å². The van der Waals surface area contributed by atoms with Crippen LogP contribution in [0.4, 0.5) is 0 Å². The number of carbonyl (C=O) groups is 1. The molecular formula is C11H10N6O2S. The molecule has 1 amide bonds. The molecule has 0 aromatic carbocycles. The molecule has 3 aromatic rings. The van der Waals surface area contributed by atoms with Gasteiger partial charge in [-0.3, -0.25) is 19.3 Å². The Morgan fingerprint density at radius 3 is 3.15 bits per heavy atom. The number of hydrogen-bond donors (Lipinski definition) is 2. The Morgan fingerprint density at radius 1 is 1.45 bits per heavy atom. The lowest BCUT2D eigenvalue weighted by Gasteiger charge is -2.05. The monoisotopic (exact) mass is 290 g/mol. The van der Waals surface area contributed by atoms with Crippen molar-refractivity contribution in [3.63, 3.8) is 0 Å². The minimum atomic E-state index is -0.292. The maximum absolute atomic E-state index is 12.1. The predicted octanol–water partition coefficient (Wildman–Crippen LogP) is -0.108. The summed E-state index contributed by atoms with van der Waals surface area (Å²) in [5, 5.41) is 11.3. The zero-order chi connectivity index (χ0) is 13.9. The number of carbonyl (C=O) groups excluding carboxylic acids is 1. The van der Waals surface area contributed by atoms with Gasteiger partial charge >= 0.3 is 0 Å². The average Bonchev–Trinajstić information content (AvgIpc) is 3.10. The fourth-order valence-corrected chi connectivity index (χ4v) is 2.44. The van der Waals surface area contributed by atoms with Crippen LogP contribution < -0.4 is 10.9 Å². The zero-order valence-corrected chi connectivity index (χ0v) is 11.1. The summed E-state index contributed by atoms with van der Waals surface area (Å²) < 4.78 is 1.28. The van der Waals surface area contributed by atoms with Gasteiger partial charge in [0.25, 0.3) is 5.56 Å². The smallest absolute Gasteiger partial charge is 0.262 e. The molecule has 20 heavy (non-hydrogen) atoms. The van der Waals surface area contributed by atoms with Crippen molar-refractivity contribution in [3.8, 4) is 0 Å². The number of nitrogens with one attached hydrogen (secondary N) is 2. The Bertz CT molecular complexity index is 791. The van der Waals surface area contributed by atoms with Gasteiger partial charge in [-0.2, -0.15) is 5.10 Å². The molecule has 0 saturated carbocycles. The standard InChI is InChI=1S/C11H10N6O2S/c18-9(12-3-8-13-5-15-16-8)4-17-6-14-10-7(11(17)19)1-2-20-10/h1-2,5-6H,3-4H2,(H,12,18)(H,13,15,16). The van der Waals surface area contributed by atoms with Crippen LogP contribution in [0.2, 0.25) is 0 Å². The molecule has 0 unspecified atom stereocenters. The fourth-order valence-electron chi connectivity index (χ4n) is 1.71. The Balaban J connectivity index is 1.71. The topological polar surface area (TPSA) is 106 Å². The molecule has 9 heteroatoms. The number of fused-ring (bicyclic) bond motifs is 1. The number of nitrogens with zero attached hydrogens (tertiary/aromatic N) is 4. The molecule has 3 heterocycles. The minimum Gasteiger partial charge on any atom is -0.347 e. The van der Waals surface area contributed by atoms with Gasteiger partial charge < -0.3 is 5.32 Å². The van der Waals surface area contributed by atoms with E-state index in [2.05, 4.69) is 25.5 Å². The zero-order valence-electron chi connectivity index (χ0n) is 10.2. The first-order valence-corrected chi connectivity index (χ1v) is 6.65. The molecule has 0 aliphatic heterocycles. The molecule has 0 bridgehead atoms. The van der Waals surface area contributed by atoms with E-state index in [0.717, 1.165) is 0 Å². The van der Waals surface area contributed by atoms with Crippen LogP contribution in [0.15, 0.2) is 28.9 Å². The Kier molecular flexibility index (Phi) is 3.25. The van der Waals surface area contributed by atoms with Gasteiger partial charge in [0.15, 0.2) is 0 Å². The van der Waals surface area contributed by atoms with Crippen molar-refractivity contribution in [1.82, 2.24) is 30.0 Å². The molecule has 0 saturated heterocycles. The average molecular weight is 290 g/mol. The molecule has 2 N–H and O–H groups in total. The third-order valence-corrected chi connectivity index (χ3v) is 3.50. The SMILES string of the molecule is O=C(Cn1cnc2sccc2c1=O)NCc1ncn[nH]1. The van der Waals surface area contributed by atoms with Crippen LogP contribution >= 0.6 is 11.3 Å². The van der Waals surface area contributed by atoms with E-state index in [1.807, 2.05) is 0 Å². The van der Waals surface area contributed by atoms with E-state index in [4.69, 9.17) is 0 Å². The van der Waals surface area contributed by atoms with E-state index in [-0.39, 0.29) is 24.6 Å². The summed E-state index contributed by atoms with van der Waals surface area (Å²) in [5.74, 6) is 0.261. The first-order chi connectivity index (χ1) is 9.74. The number of thiophene rings is 1. The van der Waals surface area contributed by atoms with E-state index in [1.165, 1.54) is 28.6 Å². The summed E-state index contributed by atoms with van der Waals surface area (Å²) in [6, 6.07) is 1.71. The summed E-state index contributed by atoms with van der Waals surface area (Å²) in [5.41, 5.74) is -0.217. The Hall–Kier alpha value is -2.55. The van der Waals surface area contributed by atoms with Crippen LogP contribution in [0.5, 0.6) is 0 Å². The maximum Gasteiger partial charge on any atom is 0.262 e. The summed E-state index contributed by atoms with van der Waals surface area (Å²) in [7, 11) is 0. The van der Waals surface area contributed by atoms with E-state index < -0.39 is 0 Å². The molecule has 0 radical (unpaired) electrons. The maximum atomic E-state index is 12.1. The quantitative estimate of drug-likeness (QED) is 0.697. The minimum absolute atomic E-state index is 0.0776. The van der Waals surface area contributed by atoms with E-state index >= 15 is 0 Å². The van der Waals surface area contributed by atoms with E-state index in [1.54, 1.807) is 11.4 Å². The van der Waals surface area contributed by atoms with Gasteiger partial charge in [0, 0.05) is 0 Å².